The zero-order chi connectivity index (χ0) is 22.9. The van der Waals surface area contributed by atoms with Crippen molar-refractivity contribution < 1.29 is 26.8 Å². The number of halogens is 1. The molecular formula is C23H19FN2O5S. The minimum Gasteiger partial charge on any atom is -0.457 e. The summed E-state index contributed by atoms with van der Waals surface area (Å²) in [4.78, 5) is 12.6. The van der Waals surface area contributed by atoms with E-state index in [4.69, 9.17) is 9.15 Å². The molecule has 3 aromatic carbocycles. The van der Waals surface area contributed by atoms with Gasteiger partial charge in [-0.2, -0.15) is 0 Å². The van der Waals surface area contributed by atoms with E-state index in [1.54, 1.807) is 36.4 Å². The van der Waals surface area contributed by atoms with Crippen LogP contribution in [0.3, 0.4) is 0 Å². The van der Waals surface area contributed by atoms with Crippen LogP contribution in [-0.2, 0) is 10.0 Å². The van der Waals surface area contributed by atoms with E-state index < -0.39 is 10.0 Å². The molecule has 0 radical (unpaired) electrons. The van der Waals surface area contributed by atoms with Crippen LogP contribution in [0.4, 0.5) is 10.1 Å². The third kappa shape index (κ3) is 4.57. The van der Waals surface area contributed by atoms with Crippen molar-refractivity contribution in [1.82, 2.24) is 5.32 Å². The quantitative estimate of drug-likeness (QED) is 0.438. The van der Waals surface area contributed by atoms with Gasteiger partial charge in [-0.15, -0.1) is 0 Å². The Balaban J connectivity index is 1.71. The number of rotatable bonds is 6. The maximum absolute atomic E-state index is 13.1. The van der Waals surface area contributed by atoms with Crippen LogP contribution in [0.2, 0.25) is 0 Å². The summed E-state index contributed by atoms with van der Waals surface area (Å²) < 4.78 is 50.2. The van der Waals surface area contributed by atoms with E-state index >= 15 is 0 Å². The topological polar surface area (TPSA) is 97.6 Å². The fourth-order valence-corrected chi connectivity index (χ4v) is 3.80. The standard InChI is InChI=1S/C23H19FN2O5S/c1-25-23(27)21-19-12-7-16(26-32(2,28)29)13-20(19)31-22(21)14-3-8-17(9-4-14)30-18-10-5-15(24)6-11-18/h3-13,26H,1-2H3,(H,25,27). The summed E-state index contributed by atoms with van der Waals surface area (Å²) in [6, 6.07) is 17.3. The molecule has 1 amide bonds. The Morgan fingerprint density at radius 3 is 2.19 bits per heavy atom. The smallest absolute Gasteiger partial charge is 0.255 e. The molecule has 0 fully saturated rings. The Kier molecular flexibility index (Phi) is 5.58. The van der Waals surface area contributed by atoms with Gasteiger partial charge in [0, 0.05) is 24.1 Å². The fraction of sp³-hybridized carbons (Fsp3) is 0.0870. The Bertz CT molecular complexity index is 1400. The molecule has 0 aliphatic heterocycles. The predicted molar refractivity (Wildman–Crippen MR) is 120 cm³/mol. The number of hydrogen-bond donors (Lipinski definition) is 2. The molecule has 0 bridgehead atoms. The third-order valence-electron chi connectivity index (χ3n) is 4.61. The molecule has 0 saturated carbocycles. The molecule has 7 nitrogen and oxygen atoms in total. The van der Waals surface area contributed by atoms with Crippen molar-refractivity contribution >= 4 is 32.6 Å². The van der Waals surface area contributed by atoms with Gasteiger partial charge in [0.25, 0.3) is 5.91 Å². The predicted octanol–water partition coefficient (Wildman–Crippen LogP) is 4.76. The molecule has 0 spiro atoms. The second-order valence-corrected chi connectivity index (χ2v) is 8.80. The molecule has 0 atom stereocenters. The van der Waals surface area contributed by atoms with Crippen LogP contribution in [0, 0.1) is 5.82 Å². The van der Waals surface area contributed by atoms with Gasteiger partial charge in [0.15, 0.2) is 0 Å². The molecule has 32 heavy (non-hydrogen) atoms. The highest BCUT2D eigenvalue weighted by atomic mass is 32.2. The van der Waals surface area contributed by atoms with Crippen LogP contribution >= 0.6 is 0 Å². The van der Waals surface area contributed by atoms with E-state index in [0.717, 1.165) is 6.26 Å². The highest BCUT2D eigenvalue weighted by molar-refractivity contribution is 7.92. The lowest BCUT2D eigenvalue weighted by molar-refractivity contribution is 0.0964. The van der Waals surface area contributed by atoms with E-state index in [1.807, 2.05) is 0 Å². The zero-order valence-corrected chi connectivity index (χ0v) is 18.0. The first kappa shape index (κ1) is 21.4. The third-order valence-corrected chi connectivity index (χ3v) is 5.22. The van der Waals surface area contributed by atoms with Crippen LogP contribution in [0.1, 0.15) is 10.4 Å². The minimum atomic E-state index is -3.46. The van der Waals surface area contributed by atoms with Gasteiger partial charge < -0.3 is 14.5 Å². The highest BCUT2D eigenvalue weighted by Crippen LogP contribution is 2.36. The van der Waals surface area contributed by atoms with Crippen molar-refractivity contribution in [2.45, 2.75) is 0 Å². The van der Waals surface area contributed by atoms with Gasteiger partial charge in [0.2, 0.25) is 10.0 Å². The molecule has 9 heteroatoms. The summed E-state index contributed by atoms with van der Waals surface area (Å²) in [5.74, 6) is 0.657. The molecule has 164 valence electrons. The number of furan rings is 1. The number of fused-ring (bicyclic) bond motifs is 1. The minimum absolute atomic E-state index is 0.326. The van der Waals surface area contributed by atoms with Crippen LogP contribution in [-0.4, -0.2) is 27.6 Å². The fourth-order valence-electron chi connectivity index (χ4n) is 3.24. The molecule has 0 aliphatic carbocycles. The van der Waals surface area contributed by atoms with Gasteiger partial charge >= 0.3 is 0 Å². The van der Waals surface area contributed by atoms with Gasteiger partial charge in [0.1, 0.15) is 28.7 Å². The number of nitrogens with one attached hydrogen (secondary N) is 2. The Labute approximate surface area is 183 Å². The number of carbonyl (C=O) groups excluding carboxylic acids is 1. The average molecular weight is 454 g/mol. The van der Waals surface area contributed by atoms with E-state index in [2.05, 4.69) is 10.0 Å². The van der Waals surface area contributed by atoms with Gasteiger partial charge in [-0.05, 0) is 60.7 Å². The maximum Gasteiger partial charge on any atom is 0.255 e. The second kappa shape index (κ2) is 8.35. The maximum atomic E-state index is 13.1. The number of anilines is 1. The van der Waals surface area contributed by atoms with E-state index in [0.29, 0.717) is 45.0 Å². The molecular weight excluding hydrogens is 435 g/mol. The summed E-state index contributed by atoms with van der Waals surface area (Å²) in [5.41, 5.74) is 1.65. The van der Waals surface area contributed by atoms with Gasteiger partial charge in [-0.25, -0.2) is 12.8 Å². The van der Waals surface area contributed by atoms with Crippen LogP contribution in [0.5, 0.6) is 11.5 Å². The van der Waals surface area contributed by atoms with E-state index in [-0.39, 0.29) is 11.7 Å². The Hall–Kier alpha value is -3.85. The molecule has 4 aromatic rings. The molecule has 0 saturated heterocycles. The normalized spacial score (nSPS) is 11.3. The number of hydrogen-bond acceptors (Lipinski definition) is 5. The molecule has 0 aliphatic rings. The van der Waals surface area contributed by atoms with Crippen LogP contribution in [0.15, 0.2) is 71.1 Å². The number of amides is 1. The van der Waals surface area contributed by atoms with Crippen molar-refractivity contribution in [3.8, 4) is 22.8 Å². The molecule has 0 unspecified atom stereocenters. The summed E-state index contributed by atoms with van der Waals surface area (Å²) in [7, 11) is -1.94. The first-order valence-electron chi connectivity index (χ1n) is 9.54. The largest absolute Gasteiger partial charge is 0.457 e. The van der Waals surface area contributed by atoms with Crippen molar-refractivity contribution in [2.75, 3.05) is 18.0 Å². The lowest BCUT2D eigenvalue weighted by atomic mass is 10.0. The molecule has 2 N–H and O–H groups in total. The number of ether oxygens (including phenoxy) is 1. The van der Waals surface area contributed by atoms with Crippen molar-refractivity contribution in [2.24, 2.45) is 0 Å². The van der Waals surface area contributed by atoms with Gasteiger partial charge in [-0.1, -0.05) is 0 Å². The SMILES string of the molecule is CNC(=O)c1c(-c2ccc(Oc3ccc(F)cc3)cc2)oc2cc(NS(C)(=O)=O)ccc12. The first-order chi connectivity index (χ1) is 15.2. The second-order valence-electron chi connectivity index (χ2n) is 7.05. The van der Waals surface area contributed by atoms with Crippen LogP contribution < -0.4 is 14.8 Å². The van der Waals surface area contributed by atoms with Gasteiger partial charge in [0.05, 0.1) is 17.5 Å². The van der Waals surface area contributed by atoms with Crippen molar-refractivity contribution in [1.29, 1.82) is 0 Å². The first-order valence-corrected chi connectivity index (χ1v) is 11.4. The lowest BCUT2D eigenvalue weighted by Crippen LogP contribution is -2.18. The zero-order valence-electron chi connectivity index (χ0n) is 17.2. The summed E-state index contributed by atoms with van der Waals surface area (Å²) in [6.45, 7) is 0. The van der Waals surface area contributed by atoms with Crippen molar-refractivity contribution in [3.05, 3.63) is 78.1 Å². The summed E-state index contributed by atoms with van der Waals surface area (Å²) in [5, 5.41) is 3.15. The summed E-state index contributed by atoms with van der Waals surface area (Å²) >= 11 is 0. The molecule has 4 rings (SSSR count). The number of benzene rings is 3. The van der Waals surface area contributed by atoms with Gasteiger partial charge in [-0.3, -0.25) is 9.52 Å². The highest BCUT2D eigenvalue weighted by Gasteiger charge is 2.22. The Morgan fingerprint density at radius 2 is 1.59 bits per heavy atom. The lowest BCUT2D eigenvalue weighted by Gasteiger charge is -2.07. The average Bonchev–Trinajstić information content (AvgIpc) is 3.13. The monoisotopic (exact) mass is 454 g/mol. The summed E-state index contributed by atoms with van der Waals surface area (Å²) in [6.07, 6.45) is 1.05. The van der Waals surface area contributed by atoms with Crippen molar-refractivity contribution in [3.63, 3.8) is 0 Å². The van der Waals surface area contributed by atoms with E-state index in [1.165, 1.54) is 37.4 Å². The molecule has 1 heterocycles. The Morgan fingerprint density at radius 1 is 0.969 bits per heavy atom. The van der Waals surface area contributed by atoms with Crippen LogP contribution in [0.25, 0.3) is 22.3 Å². The number of sulfonamides is 1. The van der Waals surface area contributed by atoms with E-state index in [9.17, 15) is 17.6 Å². The number of carbonyl (C=O) groups is 1. The molecule has 1 aromatic heterocycles.